The van der Waals surface area contributed by atoms with Gasteiger partial charge in [-0.25, -0.2) is 8.42 Å². The Hall–Kier alpha value is -3.46. The molecule has 160 valence electrons. The maximum absolute atomic E-state index is 12.6. The van der Waals surface area contributed by atoms with Crippen LogP contribution >= 0.6 is 0 Å². The van der Waals surface area contributed by atoms with Crippen LogP contribution in [0.1, 0.15) is 30.1 Å². The fourth-order valence-electron chi connectivity index (χ4n) is 3.42. The van der Waals surface area contributed by atoms with E-state index < -0.39 is 10.0 Å². The molecular weight excluding hydrogens is 414 g/mol. The molecule has 9 heteroatoms. The number of ketones is 1. The first-order chi connectivity index (χ1) is 14.9. The quantitative estimate of drug-likeness (QED) is 0.541. The molecule has 8 nitrogen and oxygen atoms in total. The van der Waals surface area contributed by atoms with E-state index in [4.69, 9.17) is 0 Å². The summed E-state index contributed by atoms with van der Waals surface area (Å²) in [4.78, 5) is 13.7. The van der Waals surface area contributed by atoms with E-state index in [1.54, 1.807) is 30.5 Å². The van der Waals surface area contributed by atoms with Gasteiger partial charge in [-0.15, -0.1) is 5.10 Å². The predicted octanol–water partition coefficient (Wildman–Crippen LogP) is 3.82. The van der Waals surface area contributed by atoms with Crippen LogP contribution < -0.4 is 14.9 Å². The normalized spacial score (nSPS) is 13.8. The Bertz CT molecular complexity index is 1170. The standard InChI is InChI=1S/C22H23N5O3S/c1-16(28)17-4-10-21(11-5-17)31(29,30)26-19-8-6-18(7-9-19)24-22-14-20(15-23-25-22)27-12-2-3-13-27/h4-11,14-15,26H,2-3,12-13H2,1H3,(H,24,25). The molecule has 1 saturated heterocycles. The average molecular weight is 438 g/mol. The van der Waals surface area contributed by atoms with Crippen molar-refractivity contribution in [2.75, 3.05) is 28.0 Å². The highest BCUT2D eigenvalue weighted by atomic mass is 32.2. The smallest absolute Gasteiger partial charge is 0.261 e. The molecule has 0 saturated carbocycles. The summed E-state index contributed by atoms with van der Waals surface area (Å²) in [6, 6.07) is 14.7. The summed E-state index contributed by atoms with van der Waals surface area (Å²) in [7, 11) is -3.75. The van der Waals surface area contributed by atoms with Crippen molar-refractivity contribution in [2.45, 2.75) is 24.7 Å². The van der Waals surface area contributed by atoms with Gasteiger partial charge in [-0.3, -0.25) is 9.52 Å². The fraction of sp³-hybridized carbons (Fsp3) is 0.227. The zero-order valence-electron chi connectivity index (χ0n) is 17.1. The van der Waals surface area contributed by atoms with E-state index in [0.717, 1.165) is 24.5 Å². The van der Waals surface area contributed by atoms with Crippen molar-refractivity contribution in [1.29, 1.82) is 0 Å². The Morgan fingerprint density at radius 2 is 1.61 bits per heavy atom. The van der Waals surface area contributed by atoms with E-state index in [2.05, 4.69) is 25.1 Å². The number of nitrogens with one attached hydrogen (secondary N) is 2. The first kappa shape index (κ1) is 20.8. The van der Waals surface area contributed by atoms with Crippen molar-refractivity contribution in [3.63, 3.8) is 0 Å². The van der Waals surface area contributed by atoms with E-state index in [9.17, 15) is 13.2 Å². The molecule has 4 rings (SSSR count). The topological polar surface area (TPSA) is 104 Å². The number of carbonyl (C=O) groups excluding carboxylic acids is 1. The number of aromatic nitrogens is 2. The summed E-state index contributed by atoms with van der Waals surface area (Å²) in [6.45, 7) is 3.49. The van der Waals surface area contributed by atoms with Gasteiger partial charge in [0, 0.05) is 36.1 Å². The minimum atomic E-state index is -3.75. The molecule has 1 fully saturated rings. The van der Waals surface area contributed by atoms with Crippen LogP contribution in [0.5, 0.6) is 0 Å². The number of nitrogens with zero attached hydrogens (tertiary/aromatic N) is 3. The summed E-state index contributed by atoms with van der Waals surface area (Å²) < 4.78 is 27.7. The molecule has 3 aromatic rings. The molecule has 0 aliphatic carbocycles. The van der Waals surface area contributed by atoms with Crippen LogP contribution in [0.4, 0.5) is 22.9 Å². The lowest BCUT2D eigenvalue weighted by Crippen LogP contribution is -2.18. The second kappa shape index (κ2) is 8.73. The van der Waals surface area contributed by atoms with Gasteiger partial charge in [-0.05, 0) is 56.2 Å². The van der Waals surface area contributed by atoms with Gasteiger partial charge in [0.15, 0.2) is 11.6 Å². The zero-order valence-corrected chi connectivity index (χ0v) is 17.9. The molecule has 31 heavy (non-hydrogen) atoms. The van der Waals surface area contributed by atoms with Crippen LogP contribution in [0.15, 0.2) is 65.7 Å². The number of hydrogen-bond acceptors (Lipinski definition) is 7. The summed E-state index contributed by atoms with van der Waals surface area (Å²) in [5.74, 6) is 0.513. The van der Waals surface area contributed by atoms with E-state index >= 15 is 0 Å². The lowest BCUT2D eigenvalue weighted by Gasteiger charge is -2.17. The Morgan fingerprint density at radius 3 is 2.26 bits per heavy atom. The SMILES string of the molecule is CC(=O)c1ccc(S(=O)(=O)Nc2ccc(Nc3cc(N4CCCC4)cnn3)cc2)cc1. The highest BCUT2D eigenvalue weighted by molar-refractivity contribution is 7.92. The summed E-state index contributed by atoms with van der Waals surface area (Å²) >= 11 is 0. The zero-order chi connectivity index (χ0) is 21.8. The van der Waals surface area contributed by atoms with Crippen LogP contribution in [0, 0.1) is 0 Å². The van der Waals surface area contributed by atoms with Crippen molar-refractivity contribution in [2.24, 2.45) is 0 Å². The van der Waals surface area contributed by atoms with Crippen molar-refractivity contribution >= 4 is 38.7 Å². The third kappa shape index (κ3) is 5.00. The molecule has 0 spiro atoms. The molecule has 1 aromatic heterocycles. The molecule has 1 aliphatic rings. The molecule has 0 bridgehead atoms. The van der Waals surface area contributed by atoms with Crippen LogP contribution in [0.2, 0.25) is 0 Å². The number of hydrogen-bond donors (Lipinski definition) is 2. The van der Waals surface area contributed by atoms with E-state index in [0.29, 0.717) is 17.1 Å². The van der Waals surface area contributed by atoms with Crippen molar-refractivity contribution in [3.05, 3.63) is 66.4 Å². The van der Waals surface area contributed by atoms with E-state index in [-0.39, 0.29) is 10.7 Å². The van der Waals surface area contributed by atoms with Gasteiger partial charge in [-0.2, -0.15) is 5.10 Å². The fourth-order valence-corrected chi connectivity index (χ4v) is 4.48. The summed E-state index contributed by atoms with van der Waals surface area (Å²) in [5, 5.41) is 11.4. The number of Topliss-reactive ketones (excluding diaryl/α,β-unsaturated/α-hetero) is 1. The second-order valence-corrected chi connectivity index (χ2v) is 9.06. The lowest BCUT2D eigenvalue weighted by molar-refractivity contribution is 0.101. The van der Waals surface area contributed by atoms with Crippen LogP contribution in [-0.4, -0.2) is 37.5 Å². The van der Waals surface area contributed by atoms with Gasteiger partial charge < -0.3 is 10.2 Å². The lowest BCUT2D eigenvalue weighted by atomic mass is 10.2. The largest absolute Gasteiger partial charge is 0.370 e. The molecule has 0 amide bonds. The minimum absolute atomic E-state index is 0.0914. The maximum Gasteiger partial charge on any atom is 0.261 e. The highest BCUT2D eigenvalue weighted by Crippen LogP contribution is 2.24. The molecular formula is C22H23N5O3S. The molecule has 2 heterocycles. The number of anilines is 4. The number of rotatable bonds is 7. The van der Waals surface area contributed by atoms with Gasteiger partial charge in [0.2, 0.25) is 0 Å². The van der Waals surface area contributed by atoms with E-state index in [1.165, 1.54) is 44.0 Å². The summed E-state index contributed by atoms with van der Waals surface area (Å²) in [6.07, 6.45) is 4.13. The number of benzene rings is 2. The first-order valence-corrected chi connectivity index (χ1v) is 11.5. The highest BCUT2D eigenvalue weighted by Gasteiger charge is 2.15. The molecule has 2 aromatic carbocycles. The molecule has 2 N–H and O–H groups in total. The molecule has 1 aliphatic heterocycles. The monoisotopic (exact) mass is 437 g/mol. The average Bonchev–Trinajstić information content (AvgIpc) is 3.30. The Morgan fingerprint density at radius 1 is 0.968 bits per heavy atom. The predicted molar refractivity (Wildman–Crippen MR) is 120 cm³/mol. The van der Waals surface area contributed by atoms with Crippen molar-refractivity contribution in [3.8, 4) is 0 Å². The number of carbonyl (C=O) groups is 1. The van der Waals surface area contributed by atoms with Crippen molar-refractivity contribution < 1.29 is 13.2 Å². The Labute approximate surface area is 181 Å². The Balaban J connectivity index is 1.43. The van der Waals surface area contributed by atoms with Crippen molar-refractivity contribution in [1.82, 2.24) is 10.2 Å². The third-order valence-corrected chi connectivity index (χ3v) is 6.49. The van der Waals surface area contributed by atoms with Gasteiger partial charge >= 0.3 is 0 Å². The second-order valence-electron chi connectivity index (χ2n) is 7.38. The number of sulfonamides is 1. The van der Waals surface area contributed by atoms with Crippen LogP contribution in [0.25, 0.3) is 0 Å². The molecule has 0 radical (unpaired) electrons. The third-order valence-electron chi connectivity index (χ3n) is 5.09. The maximum atomic E-state index is 12.6. The van der Waals surface area contributed by atoms with Gasteiger partial charge in [0.1, 0.15) is 0 Å². The summed E-state index contributed by atoms with van der Waals surface area (Å²) in [5.41, 5.74) is 2.70. The van der Waals surface area contributed by atoms with Crippen LogP contribution in [-0.2, 0) is 10.0 Å². The first-order valence-electron chi connectivity index (χ1n) is 9.99. The van der Waals surface area contributed by atoms with Gasteiger partial charge in [0.05, 0.1) is 16.8 Å². The molecule has 0 unspecified atom stereocenters. The van der Waals surface area contributed by atoms with E-state index in [1.807, 2.05) is 6.07 Å². The molecule has 0 atom stereocenters. The Kier molecular flexibility index (Phi) is 5.85. The minimum Gasteiger partial charge on any atom is -0.370 e. The van der Waals surface area contributed by atoms with Crippen LogP contribution in [0.3, 0.4) is 0 Å². The van der Waals surface area contributed by atoms with Gasteiger partial charge in [-0.1, -0.05) is 12.1 Å². The van der Waals surface area contributed by atoms with Gasteiger partial charge in [0.25, 0.3) is 10.0 Å².